The van der Waals surface area contributed by atoms with Gasteiger partial charge in [-0.2, -0.15) is 0 Å². The average molecular weight is 351 g/mol. The van der Waals surface area contributed by atoms with E-state index >= 15 is 0 Å². The predicted octanol–water partition coefficient (Wildman–Crippen LogP) is -1.18. The highest BCUT2D eigenvalue weighted by Gasteiger charge is 2.32. The zero-order valence-corrected chi connectivity index (χ0v) is 13.1. The molecule has 2 rings (SSSR count). The van der Waals surface area contributed by atoms with E-state index in [0.29, 0.717) is 5.41 Å². The Morgan fingerprint density at radius 3 is 2.47 bits per heavy atom. The molecule has 98 valence electrons. The van der Waals surface area contributed by atoms with Crippen molar-refractivity contribution in [3.63, 3.8) is 0 Å². The first-order chi connectivity index (χ1) is 7.61. The number of morpholine rings is 1. The van der Waals surface area contributed by atoms with E-state index < -0.39 is 0 Å². The van der Waals surface area contributed by atoms with Crippen molar-refractivity contribution in [3.8, 4) is 0 Å². The number of nitrogens with zero attached hydrogens (tertiary/aromatic N) is 1. The van der Waals surface area contributed by atoms with E-state index in [1.165, 1.54) is 5.71 Å². The highest BCUT2D eigenvalue weighted by atomic mass is 127. The normalized spacial score (nSPS) is 23.8. The van der Waals surface area contributed by atoms with E-state index in [0.717, 1.165) is 44.9 Å². The van der Waals surface area contributed by atoms with Crippen LogP contribution in [0.5, 0.6) is 0 Å². The lowest BCUT2D eigenvalue weighted by Crippen LogP contribution is -3.00. The molecule has 1 aliphatic carbocycles. The average Bonchev–Trinajstić information content (AvgIpc) is 2.28. The molecule has 0 unspecified atom stereocenters. The number of hydrogen-bond donors (Lipinski definition) is 0. The van der Waals surface area contributed by atoms with Gasteiger partial charge in [0, 0.05) is 18.9 Å². The highest BCUT2D eigenvalue weighted by molar-refractivity contribution is 5.92. The van der Waals surface area contributed by atoms with E-state index in [9.17, 15) is 0 Å². The maximum Gasteiger partial charge on any atom is 0.180 e. The number of methoxy groups -OCH3 is 1. The fourth-order valence-corrected chi connectivity index (χ4v) is 2.50. The minimum absolute atomic E-state index is 0. The van der Waals surface area contributed by atoms with Crippen LogP contribution in [0.1, 0.15) is 26.7 Å². The van der Waals surface area contributed by atoms with Crippen LogP contribution in [0.4, 0.5) is 0 Å². The molecule has 0 saturated carbocycles. The molecule has 1 saturated heterocycles. The molecule has 1 fully saturated rings. The SMILES string of the molecule is COC1=CC(=[N+]2CCOCC2)CC(C)(C)C1.[I-]. The Morgan fingerprint density at radius 2 is 1.88 bits per heavy atom. The summed E-state index contributed by atoms with van der Waals surface area (Å²) in [4.78, 5) is 0. The molecule has 0 aromatic carbocycles. The second kappa shape index (κ2) is 6.18. The Bertz CT molecular complexity index is 326. The summed E-state index contributed by atoms with van der Waals surface area (Å²) in [6.45, 7) is 8.33. The first-order valence-electron chi connectivity index (χ1n) is 6.04. The minimum atomic E-state index is 0. The molecule has 0 aromatic rings. The quantitative estimate of drug-likeness (QED) is 0.439. The van der Waals surface area contributed by atoms with Crippen LogP contribution in [0.3, 0.4) is 0 Å². The third kappa shape index (κ3) is 3.95. The van der Waals surface area contributed by atoms with Gasteiger partial charge < -0.3 is 33.5 Å². The van der Waals surface area contributed by atoms with Crippen LogP contribution < -0.4 is 24.0 Å². The smallest absolute Gasteiger partial charge is 0.180 e. The molecule has 0 spiro atoms. The summed E-state index contributed by atoms with van der Waals surface area (Å²) in [5.74, 6) is 1.11. The zero-order valence-electron chi connectivity index (χ0n) is 11.0. The first kappa shape index (κ1) is 15.0. The van der Waals surface area contributed by atoms with Crippen LogP contribution in [-0.4, -0.2) is 43.7 Å². The molecule has 3 nitrogen and oxygen atoms in total. The van der Waals surface area contributed by atoms with Gasteiger partial charge in [-0.1, -0.05) is 13.8 Å². The van der Waals surface area contributed by atoms with Crippen LogP contribution >= 0.6 is 0 Å². The zero-order chi connectivity index (χ0) is 11.6. The maximum atomic E-state index is 5.43. The van der Waals surface area contributed by atoms with E-state index in [-0.39, 0.29) is 24.0 Å². The number of rotatable bonds is 1. The topological polar surface area (TPSA) is 21.5 Å². The summed E-state index contributed by atoms with van der Waals surface area (Å²) in [7, 11) is 1.77. The summed E-state index contributed by atoms with van der Waals surface area (Å²) in [6.07, 6.45) is 4.40. The summed E-state index contributed by atoms with van der Waals surface area (Å²) in [6, 6.07) is 0. The van der Waals surface area contributed by atoms with Crippen molar-refractivity contribution in [2.75, 3.05) is 33.4 Å². The largest absolute Gasteiger partial charge is 1.00 e. The second-order valence-electron chi connectivity index (χ2n) is 5.42. The van der Waals surface area contributed by atoms with E-state index in [2.05, 4.69) is 24.5 Å². The van der Waals surface area contributed by atoms with Crippen LogP contribution in [0, 0.1) is 5.41 Å². The maximum absolute atomic E-state index is 5.43. The molecule has 2 aliphatic rings. The first-order valence-corrected chi connectivity index (χ1v) is 6.04. The van der Waals surface area contributed by atoms with Crippen LogP contribution in [0.15, 0.2) is 11.8 Å². The molecular formula is C13H22INO2. The van der Waals surface area contributed by atoms with Gasteiger partial charge in [-0.3, -0.25) is 0 Å². The van der Waals surface area contributed by atoms with Crippen molar-refractivity contribution in [1.29, 1.82) is 0 Å². The molecular weight excluding hydrogens is 329 g/mol. The number of hydrogen-bond acceptors (Lipinski definition) is 2. The third-order valence-corrected chi connectivity index (χ3v) is 3.32. The van der Waals surface area contributed by atoms with Gasteiger partial charge in [0.15, 0.2) is 18.8 Å². The summed E-state index contributed by atoms with van der Waals surface area (Å²) < 4.78 is 13.3. The Hall–Kier alpha value is -0.100. The molecule has 0 atom stereocenters. The van der Waals surface area contributed by atoms with Gasteiger partial charge in [-0.15, -0.1) is 0 Å². The molecule has 4 heteroatoms. The molecule has 0 radical (unpaired) electrons. The van der Waals surface area contributed by atoms with Gasteiger partial charge in [-0.05, 0) is 5.41 Å². The Morgan fingerprint density at radius 1 is 1.24 bits per heavy atom. The third-order valence-electron chi connectivity index (χ3n) is 3.32. The highest BCUT2D eigenvalue weighted by Crippen LogP contribution is 2.34. The van der Waals surface area contributed by atoms with Crippen molar-refractivity contribution in [2.45, 2.75) is 26.7 Å². The number of allylic oxidation sites excluding steroid dienone is 2. The van der Waals surface area contributed by atoms with Crippen LogP contribution in [0.2, 0.25) is 0 Å². The van der Waals surface area contributed by atoms with Gasteiger partial charge in [0.1, 0.15) is 19.0 Å². The molecule has 1 heterocycles. The van der Waals surface area contributed by atoms with Crippen LogP contribution in [0.25, 0.3) is 0 Å². The molecule has 0 aromatic heterocycles. The van der Waals surface area contributed by atoms with Gasteiger partial charge in [-0.25, -0.2) is 4.58 Å². The number of ether oxygens (including phenoxy) is 2. The molecule has 17 heavy (non-hydrogen) atoms. The van der Waals surface area contributed by atoms with Crippen LogP contribution in [-0.2, 0) is 9.47 Å². The Labute approximate surface area is 121 Å². The summed E-state index contributed by atoms with van der Waals surface area (Å²) >= 11 is 0. The van der Waals surface area contributed by atoms with Crippen molar-refractivity contribution in [1.82, 2.24) is 0 Å². The lowest BCUT2D eigenvalue weighted by Gasteiger charge is -2.29. The van der Waals surface area contributed by atoms with Gasteiger partial charge in [0.2, 0.25) is 0 Å². The molecule has 0 amide bonds. The lowest BCUT2D eigenvalue weighted by molar-refractivity contribution is -0.550. The standard InChI is InChI=1S/C13H22NO2.HI/c1-13(2)9-11(8-12(10-13)15-3)14-4-6-16-7-5-14;/h8H,4-7,9-10H2,1-3H3;1H/q+1;/p-1. The van der Waals surface area contributed by atoms with Crippen molar-refractivity contribution in [2.24, 2.45) is 5.41 Å². The van der Waals surface area contributed by atoms with Crippen molar-refractivity contribution < 1.29 is 38.0 Å². The summed E-state index contributed by atoms with van der Waals surface area (Å²) in [5, 5.41) is 0. The van der Waals surface area contributed by atoms with Gasteiger partial charge in [0.05, 0.1) is 7.11 Å². The molecule has 1 aliphatic heterocycles. The van der Waals surface area contributed by atoms with Crippen molar-refractivity contribution >= 4 is 5.71 Å². The second-order valence-corrected chi connectivity index (χ2v) is 5.42. The van der Waals surface area contributed by atoms with Crippen molar-refractivity contribution in [3.05, 3.63) is 11.8 Å². The summed E-state index contributed by atoms with van der Waals surface area (Å²) in [5.41, 5.74) is 1.73. The van der Waals surface area contributed by atoms with E-state index in [1.54, 1.807) is 7.11 Å². The van der Waals surface area contributed by atoms with E-state index in [4.69, 9.17) is 9.47 Å². The Balaban J connectivity index is 0.00000144. The fraction of sp³-hybridized carbons (Fsp3) is 0.769. The molecule has 0 bridgehead atoms. The van der Waals surface area contributed by atoms with Gasteiger partial charge in [0.25, 0.3) is 0 Å². The lowest BCUT2D eigenvalue weighted by atomic mass is 9.79. The molecule has 0 N–H and O–H groups in total. The van der Waals surface area contributed by atoms with Gasteiger partial charge >= 0.3 is 0 Å². The Kier molecular flexibility index (Phi) is 5.44. The fourth-order valence-electron chi connectivity index (χ4n) is 2.50. The van der Waals surface area contributed by atoms with E-state index in [1.807, 2.05) is 0 Å². The minimum Gasteiger partial charge on any atom is -1.00 e. The number of halogens is 1. The predicted molar refractivity (Wildman–Crippen MR) is 63.9 cm³/mol. The monoisotopic (exact) mass is 351 g/mol.